The van der Waals surface area contributed by atoms with Crippen LogP contribution in [0.5, 0.6) is 5.75 Å². The standard InChI is InChI=1S/C11H15NO/c1-7-9-6-8(13)4-5-10(9)12-11(7,2)3/h4-7,12-13H,1-3H3. The number of phenolic OH excluding ortho intramolecular Hbond substituents is 1. The van der Waals surface area contributed by atoms with Gasteiger partial charge in [0, 0.05) is 17.1 Å². The molecule has 2 N–H and O–H groups in total. The van der Waals surface area contributed by atoms with Gasteiger partial charge >= 0.3 is 0 Å². The second-order valence-corrected chi connectivity index (χ2v) is 4.34. The van der Waals surface area contributed by atoms with Crippen molar-refractivity contribution in [3.63, 3.8) is 0 Å². The Labute approximate surface area is 78.6 Å². The van der Waals surface area contributed by atoms with Gasteiger partial charge < -0.3 is 10.4 Å². The van der Waals surface area contributed by atoms with Crippen LogP contribution in [0.2, 0.25) is 0 Å². The number of hydrogen-bond donors (Lipinski definition) is 2. The lowest BCUT2D eigenvalue weighted by Crippen LogP contribution is -2.30. The molecule has 0 aliphatic carbocycles. The van der Waals surface area contributed by atoms with Gasteiger partial charge in [-0.3, -0.25) is 0 Å². The van der Waals surface area contributed by atoms with E-state index < -0.39 is 0 Å². The van der Waals surface area contributed by atoms with Gasteiger partial charge in [0.2, 0.25) is 0 Å². The lowest BCUT2D eigenvalue weighted by molar-refractivity contribution is 0.471. The fraction of sp³-hybridized carbons (Fsp3) is 0.455. The van der Waals surface area contributed by atoms with Crippen LogP contribution in [0.25, 0.3) is 0 Å². The number of benzene rings is 1. The van der Waals surface area contributed by atoms with E-state index in [0.717, 1.165) is 5.69 Å². The molecule has 0 saturated carbocycles. The molecule has 1 unspecified atom stereocenters. The molecule has 0 amide bonds. The van der Waals surface area contributed by atoms with Gasteiger partial charge in [-0.05, 0) is 37.6 Å². The Kier molecular flexibility index (Phi) is 1.56. The quantitative estimate of drug-likeness (QED) is 0.597. The van der Waals surface area contributed by atoms with Crippen LogP contribution in [0.4, 0.5) is 5.69 Å². The molecule has 0 bridgehead atoms. The Morgan fingerprint density at radius 2 is 2.08 bits per heavy atom. The number of aromatic hydroxyl groups is 1. The molecule has 0 spiro atoms. The number of phenols is 1. The average molecular weight is 177 g/mol. The summed E-state index contributed by atoms with van der Waals surface area (Å²) in [5.41, 5.74) is 2.45. The van der Waals surface area contributed by atoms with E-state index in [9.17, 15) is 5.11 Å². The first-order chi connectivity index (χ1) is 6.00. The highest BCUT2D eigenvalue weighted by molar-refractivity contribution is 5.62. The van der Waals surface area contributed by atoms with Crippen LogP contribution in [0, 0.1) is 0 Å². The molecule has 0 saturated heterocycles. The van der Waals surface area contributed by atoms with E-state index in [1.54, 1.807) is 6.07 Å². The van der Waals surface area contributed by atoms with Crippen LogP contribution >= 0.6 is 0 Å². The van der Waals surface area contributed by atoms with Crippen LogP contribution in [-0.4, -0.2) is 10.6 Å². The molecule has 1 heterocycles. The minimum atomic E-state index is 0.0934. The first kappa shape index (κ1) is 8.42. The van der Waals surface area contributed by atoms with Crippen molar-refractivity contribution in [3.8, 4) is 5.75 Å². The van der Waals surface area contributed by atoms with Crippen molar-refractivity contribution in [2.45, 2.75) is 32.2 Å². The predicted molar refractivity (Wildman–Crippen MR) is 54.2 cm³/mol. The van der Waals surface area contributed by atoms with Gasteiger partial charge in [-0.25, -0.2) is 0 Å². The zero-order valence-corrected chi connectivity index (χ0v) is 8.26. The first-order valence-corrected chi connectivity index (χ1v) is 4.62. The van der Waals surface area contributed by atoms with Gasteiger partial charge in [0.25, 0.3) is 0 Å². The van der Waals surface area contributed by atoms with Gasteiger partial charge in [0.1, 0.15) is 5.75 Å². The molecule has 2 rings (SSSR count). The monoisotopic (exact) mass is 177 g/mol. The molecular formula is C11H15NO. The Hall–Kier alpha value is -1.18. The van der Waals surface area contributed by atoms with Crippen LogP contribution in [0.1, 0.15) is 32.3 Å². The van der Waals surface area contributed by atoms with E-state index in [0.29, 0.717) is 11.7 Å². The summed E-state index contributed by atoms with van der Waals surface area (Å²) >= 11 is 0. The smallest absolute Gasteiger partial charge is 0.116 e. The van der Waals surface area contributed by atoms with Gasteiger partial charge in [-0.15, -0.1) is 0 Å². The summed E-state index contributed by atoms with van der Waals surface area (Å²) in [7, 11) is 0. The summed E-state index contributed by atoms with van der Waals surface area (Å²) in [6, 6.07) is 5.51. The third-order valence-electron chi connectivity index (χ3n) is 3.04. The lowest BCUT2D eigenvalue weighted by Gasteiger charge is -2.24. The van der Waals surface area contributed by atoms with E-state index in [1.165, 1.54) is 5.56 Å². The van der Waals surface area contributed by atoms with Crippen LogP contribution in [-0.2, 0) is 0 Å². The maximum Gasteiger partial charge on any atom is 0.116 e. The summed E-state index contributed by atoms with van der Waals surface area (Å²) in [6.45, 7) is 6.53. The number of hydrogen-bond acceptors (Lipinski definition) is 2. The lowest BCUT2D eigenvalue weighted by atomic mass is 9.88. The summed E-state index contributed by atoms with van der Waals surface area (Å²) in [6.07, 6.45) is 0. The van der Waals surface area contributed by atoms with Crippen molar-refractivity contribution in [1.82, 2.24) is 0 Å². The molecule has 1 atom stereocenters. The van der Waals surface area contributed by atoms with E-state index in [-0.39, 0.29) is 5.54 Å². The van der Waals surface area contributed by atoms with Gasteiger partial charge in [-0.2, -0.15) is 0 Å². The number of fused-ring (bicyclic) bond motifs is 1. The molecule has 0 aromatic heterocycles. The summed E-state index contributed by atoms with van der Waals surface area (Å²) in [5, 5.41) is 12.8. The van der Waals surface area contributed by atoms with Gasteiger partial charge in [0.15, 0.2) is 0 Å². The summed E-state index contributed by atoms with van der Waals surface area (Å²) < 4.78 is 0. The Bertz CT molecular complexity index is 344. The highest BCUT2D eigenvalue weighted by Gasteiger charge is 2.35. The van der Waals surface area contributed by atoms with E-state index in [4.69, 9.17) is 0 Å². The van der Waals surface area contributed by atoms with Crippen LogP contribution < -0.4 is 5.32 Å². The van der Waals surface area contributed by atoms with Crippen LogP contribution in [0.3, 0.4) is 0 Å². The molecule has 2 nitrogen and oxygen atoms in total. The van der Waals surface area contributed by atoms with E-state index >= 15 is 0 Å². The first-order valence-electron chi connectivity index (χ1n) is 4.62. The van der Waals surface area contributed by atoms with Gasteiger partial charge in [0.05, 0.1) is 0 Å². The van der Waals surface area contributed by atoms with Crippen molar-refractivity contribution in [1.29, 1.82) is 0 Å². The molecule has 0 fully saturated rings. The summed E-state index contributed by atoms with van der Waals surface area (Å²) in [4.78, 5) is 0. The van der Waals surface area contributed by atoms with E-state index in [1.807, 2.05) is 12.1 Å². The zero-order valence-electron chi connectivity index (χ0n) is 8.26. The molecule has 1 aromatic carbocycles. The number of anilines is 1. The SMILES string of the molecule is CC1c2cc(O)ccc2NC1(C)C. The Balaban J connectivity index is 2.51. The largest absolute Gasteiger partial charge is 0.508 e. The molecule has 1 aromatic rings. The predicted octanol–water partition coefficient (Wildman–Crippen LogP) is 2.70. The minimum Gasteiger partial charge on any atom is -0.508 e. The maximum atomic E-state index is 9.36. The number of rotatable bonds is 0. The topological polar surface area (TPSA) is 32.3 Å². The molecule has 1 aliphatic heterocycles. The second kappa shape index (κ2) is 2.41. The average Bonchev–Trinajstić information content (AvgIpc) is 2.26. The van der Waals surface area contributed by atoms with Crippen molar-refractivity contribution >= 4 is 5.69 Å². The highest BCUT2D eigenvalue weighted by Crippen LogP contribution is 2.43. The molecule has 2 heteroatoms. The van der Waals surface area contributed by atoms with E-state index in [2.05, 4.69) is 26.1 Å². The molecular weight excluding hydrogens is 162 g/mol. The second-order valence-electron chi connectivity index (χ2n) is 4.34. The van der Waals surface area contributed by atoms with Crippen molar-refractivity contribution in [3.05, 3.63) is 23.8 Å². The molecule has 0 radical (unpaired) electrons. The third-order valence-corrected chi connectivity index (χ3v) is 3.04. The Morgan fingerprint density at radius 1 is 1.38 bits per heavy atom. The molecule has 1 aliphatic rings. The Morgan fingerprint density at radius 3 is 2.77 bits per heavy atom. The maximum absolute atomic E-state index is 9.36. The zero-order chi connectivity index (χ0) is 9.64. The summed E-state index contributed by atoms with van der Waals surface area (Å²) in [5.74, 6) is 0.791. The fourth-order valence-electron chi connectivity index (χ4n) is 1.87. The fourth-order valence-corrected chi connectivity index (χ4v) is 1.87. The van der Waals surface area contributed by atoms with Gasteiger partial charge in [-0.1, -0.05) is 6.92 Å². The van der Waals surface area contributed by atoms with Crippen molar-refractivity contribution in [2.75, 3.05) is 5.32 Å². The molecule has 13 heavy (non-hydrogen) atoms. The number of nitrogens with one attached hydrogen (secondary N) is 1. The van der Waals surface area contributed by atoms with Crippen LogP contribution in [0.15, 0.2) is 18.2 Å². The van der Waals surface area contributed by atoms with Crippen molar-refractivity contribution in [2.24, 2.45) is 0 Å². The third kappa shape index (κ3) is 1.17. The minimum absolute atomic E-state index is 0.0934. The highest BCUT2D eigenvalue weighted by atomic mass is 16.3. The van der Waals surface area contributed by atoms with Crippen molar-refractivity contribution < 1.29 is 5.11 Å². The normalized spacial score (nSPS) is 23.8. The molecule has 70 valence electrons.